The molecule has 1 aliphatic heterocycles. The first-order valence-electron chi connectivity index (χ1n) is 8.66. The average molecular weight is 350 g/mol. The van der Waals surface area contributed by atoms with Gasteiger partial charge in [-0.1, -0.05) is 42.5 Å². The molecular weight excluding hydrogens is 328 g/mol. The zero-order valence-electron chi connectivity index (χ0n) is 14.7. The second kappa shape index (κ2) is 8.34. The first-order chi connectivity index (χ1) is 12.6. The van der Waals surface area contributed by atoms with Crippen LogP contribution in [0.1, 0.15) is 18.1 Å². The SMILES string of the molecule is CC1C(=O)NCCN1C(=O)/C=C/c1cccc(OCc2ccccc2)c1. The van der Waals surface area contributed by atoms with Crippen LogP contribution in [0.5, 0.6) is 5.75 Å². The molecule has 0 spiro atoms. The molecule has 0 bridgehead atoms. The predicted molar refractivity (Wildman–Crippen MR) is 100 cm³/mol. The van der Waals surface area contributed by atoms with E-state index >= 15 is 0 Å². The Morgan fingerprint density at radius 1 is 1.23 bits per heavy atom. The van der Waals surface area contributed by atoms with Gasteiger partial charge in [0.1, 0.15) is 18.4 Å². The number of piperazine rings is 1. The van der Waals surface area contributed by atoms with E-state index in [4.69, 9.17) is 4.74 Å². The Bertz CT molecular complexity index is 802. The van der Waals surface area contributed by atoms with Gasteiger partial charge in [-0.3, -0.25) is 9.59 Å². The van der Waals surface area contributed by atoms with Crippen molar-refractivity contribution in [2.24, 2.45) is 0 Å². The van der Waals surface area contributed by atoms with E-state index in [0.29, 0.717) is 19.7 Å². The Hall–Kier alpha value is -3.08. The van der Waals surface area contributed by atoms with Gasteiger partial charge in [-0.15, -0.1) is 0 Å². The Kier molecular flexibility index (Phi) is 5.69. The van der Waals surface area contributed by atoms with Crippen LogP contribution in [0.3, 0.4) is 0 Å². The van der Waals surface area contributed by atoms with Gasteiger partial charge in [0.05, 0.1) is 0 Å². The van der Waals surface area contributed by atoms with Gasteiger partial charge in [0, 0.05) is 19.2 Å². The highest BCUT2D eigenvalue weighted by molar-refractivity contribution is 5.96. The minimum Gasteiger partial charge on any atom is -0.489 e. The molecule has 1 fully saturated rings. The molecule has 1 unspecified atom stereocenters. The topological polar surface area (TPSA) is 58.6 Å². The monoisotopic (exact) mass is 350 g/mol. The summed E-state index contributed by atoms with van der Waals surface area (Å²) in [6, 6.07) is 17.1. The number of carbonyl (C=O) groups excluding carboxylic acids is 2. The number of hydrogen-bond donors (Lipinski definition) is 1. The quantitative estimate of drug-likeness (QED) is 0.844. The third-order valence-corrected chi connectivity index (χ3v) is 4.31. The van der Waals surface area contributed by atoms with Crippen molar-refractivity contribution in [1.29, 1.82) is 0 Å². The highest BCUT2D eigenvalue weighted by atomic mass is 16.5. The number of nitrogens with one attached hydrogen (secondary N) is 1. The van der Waals surface area contributed by atoms with Crippen LogP contribution in [0.4, 0.5) is 0 Å². The number of nitrogens with zero attached hydrogens (tertiary/aromatic N) is 1. The van der Waals surface area contributed by atoms with Gasteiger partial charge in [0.2, 0.25) is 11.8 Å². The molecule has 134 valence electrons. The zero-order chi connectivity index (χ0) is 18.4. The van der Waals surface area contributed by atoms with Crippen LogP contribution in [0, 0.1) is 0 Å². The lowest BCUT2D eigenvalue weighted by atomic mass is 10.1. The minimum atomic E-state index is -0.443. The molecule has 0 saturated carbocycles. The molecule has 1 atom stereocenters. The standard InChI is InChI=1S/C21H22N2O3/c1-16-21(25)22-12-13-23(16)20(24)11-10-17-8-5-9-19(14-17)26-15-18-6-3-2-4-7-18/h2-11,14,16H,12-13,15H2,1H3,(H,22,25)/b11-10+. The molecule has 0 radical (unpaired) electrons. The van der Waals surface area contributed by atoms with E-state index < -0.39 is 6.04 Å². The van der Waals surface area contributed by atoms with E-state index in [0.717, 1.165) is 16.9 Å². The van der Waals surface area contributed by atoms with Gasteiger partial charge in [-0.05, 0) is 36.3 Å². The van der Waals surface area contributed by atoms with Crippen molar-refractivity contribution in [2.75, 3.05) is 13.1 Å². The molecule has 26 heavy (non-hydrogen) atoms. The summed E-state index contributed by atoms with van der Waals surface area (Å²) in [5, 5.41) is 2.75. The highest BCUT2D eigenvalue weighted by Crippen LogP contribution is 2.16. The minimum absolute atomic E-state index is 0.116. The largest absolute Gasteiger partial charge is 0.489 e. The number of hydrogen-bond acceptors (Lipinski definition) is 3. The maximum absolute atomic E-state index is 12.4. The Morgan fingerprint density at radius 2 is 2.04 bits per heavy atom. The third kappa shape index (κ3) is 4.51. The predicted octanol–water partition coefficient (Wildman–Crippen LogP) is 2.63. The Labute approximate surface area is 153 Å². The number of rotatable bonds is 5. The maximum Gasteiger partial charge on any atom is 0.247 e. The van der Waals surface area contributed by atoms with Crippen LogP contribution < -0.4 is 10.1 Å². The van der Waals surface area contributed by atoms with Gasteiger partial charge in [-0.25, -0.2) is 0 Å². The lowest BCUT2D eigenvalue weighted by Gasteiger charge is -2.31. The molecule has 5 nitrogen and oxygen atoms in total. The fourth-order valence-corrected chi connectivity index (χ4v) is 2.80. The summed E-state index contributed by atoms with van der Waals surface area (Å²) in [4.78, 5) is 25.6. The van der Waals surface area contributed by atoms with Crippen LogP contribution >= 0.6 is 0 Å². The smallest absolute Gasteiger partial charge is 0.247 e. The molecule has 1 aliphatic rings. The summed E-state index contributed by atoms with van der Waals surface area (Å²) in [6.07, 6.45) is 3.25. The maximum atomic E-state index is 12.4. The third-order valence-electron chi connectivity index (χ3n) is 4.31. The van der Waals surface area contributed by atoms with E-state index in [2.05, 4.69) is 5.32 Å². The molecule has 3 rings (SSSR count). The van der Waals surface area contributed by atoms with Gasteiger partial charge in [-0.2, -0.15) is 0 Å². The van der Waals surface area contributed by atoms with E-state index in [9.17, 15) is 9.59 Å². The fraction of sp³-hybridized carbons (Fsp3) is 0.238. The van der Waals surface area contributed by atoms with E-state index in [1.165, 1.54) is 6.08 Å². The van der Waals surface area contributed by atoms with Crippen LogP contribution in [-0.2, 0) is 16.2 Å². The Balaban J connectivity index is 1.61. The number of benzene rings is 2. The summed E-state index contributed by atoms with van der Waals surface area (Å²) < 4.78 is 5.80. The molecule has 2 aromatic rings. The molecule has 1 N–H and O–H groups in total. The van der Waals surface area contributed by atoms with Crippen molar-refractivity contribution >= 4 is 17.9 Å². The molecule has 0 aromatic heterocycles. The fourth-order valence-electron chi connectivity index (χ4n) is 2.80. The molecule has 1 heterocycles. The molecule has 5 heteroatoms. The highest BCUT2D eigenvalue weighted by Gasteiger charge is 2.27. The first kappa shape index (κ1) is 17.7. The molecule has 2 amide bonds. The first-order valence-corrected chi connectivity index (χ1v) is 8.66. The second-order valence-corrected chi connectivity index (χ2v) is 6.18. The Morgan fingerprint density at radius 3 is 2.85 bits per heavy atom. The molecule has 0 aliphatic carbocycles. The van der Waals surface area contributed by atoms with E-state index in [1.54, 1.807) is 17.9 Å². The summed E-state index contributed by atoms with van der Waals surface area (Å²) >= 11 is 0. The number of ether oxygens (including phenoxy) is 1. The normalized spacial score (nSPS) is 17.2. The zero-order valence-corrected chi connectivity index (χ0v) is 14.7. The number of carbonyl (C=O) groups is 2. The molecular formula is C21H22N2O3. The van der Waals surface area contributed by atoms with Gasteiger partial charge in [0.25, 0.3) is 0 Å². The summed E-state index contributed by atoms with van der Waals surface area (Å²) in [5.74, 6) is 0.464. The van der Waals surface area contributed by atoms with Crippen molar-refractivity contribution in [2.45, 2.75) is 19.6 Å². The molecule has 2 aromatic carbocycles. The van der Waals surface area contributed by atoms with Gasteiger partial charge < -0.3 is 15.0 Å². The number of amides is 2. The van der Waals surface area contributed by atoms with Gasteiger partial charge >= 0.3 is 0 Å². The molecule has 1 saturated heterocycles. The van der Waals surface area contributed by atoms with Gasteiger partial charge in [0.15, 0.2) is 0 Å². The summed E-state index contributed by atoms with van der Waals surface area (Å²) in [5.41, 5.74) is 1.97. The van der Waals surface area contributed by atoms with Crippen LogP contribution in [0.15, 0.2) is 60.7 Å². The van der Waals surface area contributed by atoms with Crippen molar-refractivity contribution in [3.05, 3.63) is 71.8 Å². The average Bonchev–Trinajstić information content (AvgIpc) is 2.68. The van der Waals surface area contributed by atoms with E-state index in [-0.39, 0.29) is 11.8 Å². The van der Waals surface area contributed by atoms with Crippen molar-refractivity contribution in [1.82, 2.24) is 10.2 Å². The lowest BCUT2D eigenvalue weighted by molar-refractivity contribution is -0.139. The summed E-state index contributed by atoms with van der Waals surface area (Å²) in [6.45, 7) is 3.24. The van der Waals surface area contributed by atoms with Crippen LogP contribution in [0.25, 0.3) is 6.08 Å². The lowest BCUT2D eigenvalue weighted by Crippen LogP contribution is -2.55. The van der Waals surface area contributed by atoms with Crippen molar-refractivity contribution < 1.29 is 14.3 Å². The summed E-state index contributed by atoms with van der Waals surface area (Å²) in [7, 11) is 0. The van der Waals surface area contributed by atoms with Crippen molar-refractivity contribution in [3.8, 4) is 5.75 Å². The van der Waals surface area contributed by atoms with Crippen molar-refractivity contribution in [3.63, 3.8) is 0 Å². The van der Waals surface area contributed by atoms with E-state index in [1.807, 2.05) is 54.6 Å². The van der Waals surface area contributed by atoms with Crippen LogP contribution in [-0.4, -0.2) is 35.8 Å². The second-order valence-electron chi connectivity index (χ2n) is 6.18. The van der Waals surface area contributed by atoms with Crippen LogP contribution in [0.2, 0.25) is 0 Å².